The Hall–Kier alpha value is 0.102. The van der Waals surface area contributed by atoms with E-state index < -0.39 is 12.7 Å². The smallest absolute Gasteiger partial charge is 0.746 e. The van der Waals surface area contributed by atoms with E-state index >= 15 is 0 Å². The van der Waals surface area contributed by atoms with Crippen LogP contribution in [0.1, 0.15) is 0 Å². The topological polar surface area (TPSA) is 113 Å². The van der Waals surface area contributed by atoms with E-state index in [-0.39, 0.29) is 57.5 Å². The zero-order chi connectivity index (χ0) is 10.8. The largest absolute Gasteiger partial charge is 2.00 e. The second-order valence-electron chi connectivity index (χ2n) is 2.31. The van der Waals surface area contributed by atoms with Crippen LogP contribution in [0.5, 0.6) is 5.75 Å². The number of nitro groups is 1. The Kier molecular flexibility index (Phi) is 8.58. The fourth-order valence-electron chi connectivity index (χ4n) is 0.762. The number of phosphoric ester groups is 1. The molecule has 1 aromatic carbocycles. The number of hydrogen-bond donors (Lipinski definition) is 1. The predicted molar refractivity (Wildman–Crippen MR) is 55.1 cm³/mol. The molecule has 10 heteroatoms. The molecule has 1 atom stereocenters. The first-order chi connectivity index (χ1) is 6.38. The first-order valence-corrected chi connectivity index (χ1v) is 4.86. The minimum absolute atomic E-state index is 0. The van der Waals surface area contributed by atoms with Crippen molar-refractivity contribution in [3.8, 4) is 5.75 Å². The maximum atomic E-state index is 10.2. The van der Waals surface area contributed by atoms with Crippen LogP contribution in [0, 0.1) is 10.1 Å². The van der Waals surface area contributed by atoms with Gasteiger partial charge in [0.15, 0.2) is 0 Å². The summed E-state index contributed by atoms with van der Waals surface area (Å²) in [5.41, 5.74) is -0.198. The molecule has 7 nitrogen and oxygen atoms in total. The Labute approximate surface area is 123 Å². The van der Waals surface area contributed by atoms with Crippen LogP contribution < -0.4 is 9.42 Å². The first kappa shape index (κ1) is 18.5. The van der Waals surface area contributed by atoms with Crippen molar-refractivity contribution >= 4 is 59.6 Å². The predicted octanol–water partition coefficient (Wildman–Crippen LogP) is -0.327. The van der Waals surface area contributed by atoms with Gasteiger partial charge in [-0.3, -0.25) is 14.7 Å². The van der Waals surface area contributed by atoms with Gasteiger partial charge in [0.2, 0.25) is 0 Å². The minimum atomic E-state index is -4.85. The molecule has 0 aliphatic rings. The molecule has 0 aromatic heterocycles. The molecule has 1 rings (SSSR count). The number of benzene rings is 1. The van der Waals surface area contributed by atoms with Crippen LogP contribution in [0.3, 0.4) is 0 Å². The van der Waals surface area contributed by atoms with E-state index in [2.05, 4.69) is 4.52 Å². The maximum absolute atomic E-state index is 10.2. The van der Waals surface area contributed by atoms with Gasteiger partial charge >= 0.3 is 53.9 Å². The van der Waals surface area contributed by atoms with Gasteiger partial charge in [-0.2, -0.15) is 0 Å². The fraction of sp³-hybridized carbons (Fsp3) is 0. The van der Waals surface area contributed by atoms with Crippen molar-refractivity contribution in [2.75, 3.05) is 0 Å². The van der Waals surface area contributed by atoms with Crippen molar-refractivity contribution in [1.82, 2.24) is 0 Å². The number of nitro benzene ring substituents is 1. The summed E-state index contributed by atoms with van der Waals surface area (Å²) in [6, 6.07) is 4.26. The van der Waals surface area contributed by atoms with Gasteiger partial charge in [0, 0.05) is 12.1 Å². The molecule has 0 aliphatic heterocycles. The molecule has 0 amide bonds. The van der Waals surface area contributed by atoms with Crippen LogP contribution in [0.25, 0.3) is 0 Å². The van der Waals surface area contributed by atoms with Crippen LogP contribution in [0.2, 0.25) is 0 Å². The van der Waals surface area contributed by atoms with E-state index in [9.17, 15) is 19.6 Å². The van der Waals surface area contributed by atoms with Crippen LogP contribution in [-0.4, -0.2) is 55.9 Å². The molecule has 0 bridgehead atoms. The van der Waals surface area contributed by atoms with Crippen molar-refractivity contribution in [3.63, 3.8) is 0 Å². The fourth-order valence-corrected chi connectivity index (χ4v) is 1.15. The quantitative estimate of drug-likeness (QED) is 0.347. The Morgan fingerprint density at radius 1 is 1.25 bits per heavy atom. The summed E-state index contributed by atoms with van der Waals surface area (Å²) in [6.45, 7) is 0. The van der Waals surface area contributed by atoms with Crippen LogP contribution >= 0.6 is 7.82 Å². The molecule has 1 unspecified atom stereocenters. The van der Waals surface area contributed by atoms with Gasteiger partial charge in [0.05, 0.1) is 4.92 Å². The van der Waals surface area contributed by atoms with Crippen LogP contribution in [-0.2, 0) is 4.57 Å². The van der Waals surface area contributed by atoms with Gasteiger partial charge in [-0.05, 0) is 12.1 Å². The minimum Gasteiger partial charge on any atom is -0.746 e. The Morgan fingerprint density at radius 2 is 1.69 bits per heavy atom. The third-order valence-electron chi connectivity index (χ3n) is 1.27. The molecule has 0 radical (unpaired) electrons. The van der Waals surface area contributed by atoms with E-state index in [0.29, 0.717) is 0 Å². The second kappa shape index (κ2) is 7.43. The molecule has 0 fully saturated rings. The average Bonchev–Trinajstić information content (AvgIpc) is 2.02. The Balaban J connectivity index is 0. The van der Waals surface area contributed by atoms with Crippen molar-refractivity contribution in [2.24, 2.45) is 0 Å². The third-order valence-corrected chi connectivity index (χ3v) is 1.71. The number of hydrogen-bond acceptors (Lipinski definition) is 5. The molecule has 0 saturated carbocycles. The summed E-state index contributed by atoms with van der Waals surface area (Å²) >= 11 is 0. The summed E-state index contributed by atoms with van der Waals surface area (Å²) in [7, 11) is -4.85. The van der Waals surface area contributed by atoms with Crippen molar-refractivity contribution in [3.05, 3.63) is 34.4 Å². The number of phosphoric acid groups is 1. The summed E-state index contributed by atoms with van der Waals surface area (Å²) in [5, 5.41) is 10.2. The molecule has 1 N–H and O–H groups in total. The maximum Gasteiger partial charge on any atom is 2.00 e. The molecular formula is C6H5Mg2NO6P+3. The van der Waals surface area contributed by atoms with E-state index in [4.69, 9.17) is 4.89 Å². The molecule has 76 valence electrons. The zero-order valence-corrected chi connectivity index (χ0v) is 11.8. The van der Waals surface area contributed by atoms with Crippen LogP contribution in [0.15, 0.2) is 24.3 Å². The van der Waals surface area contributed by atoms with Crippen molar-refractivity contribution < 1.29 is 23.8 Å². The third kappa shape index (κ3) is 6.63. The van der Waals surface area contributed by atoms with Gasteiger partial charge < -0.3 is 14.3 Å². The van der Waals surface area contributed by atoms with Gasteiger partial charge in [-0.15, -0.1) is 0 Å². The van der Waals surface area contributed by atoms with Gasteiger partial charge in [0.1, 0.15) is 5.75 Å². The second-order valence-corrected chi connectivity index (χ2v) is 3.43. The molecule has 0 saturated heterocycles. The van der Waals surface area contributed by atoms with Crippen molar-refractivity contribution in [1.29, 1.82) is 0 Å². The monoisotopic (exact) mass is 266 g/mol. The summed E-state index contributed by atoms with van der Waals surface area (Å²) in [4.78, 5) is 28.1. The summed E-state index contributed by atoms with van der Waals surface area (Å²) < 4.78 is 14.3. The Morgan fingerprint density at radius 3 is 2.00 bits per heavy atom. The number of non-ortho nitro benzene ring substituents is 1. The SMILES string of the molecule is O=[N+]([O-])c1ccc(OP(=O)([O-])O)cc1.[Mg+2].[Mg+2]. The first-order valence-electron chi connectivity index (χ1n) is 3.36. The van der Waals surface area contributed by atoms with Gasteiger partial charge in [0.25, 0.3) is 5.69 Å². The molecule has 0 spiro atoms. The van der Waals surface area contributed by atoms with E-state index in [1.807, 2.05) is 0 Å². The van der Waals surface area contributed by atoms with E-state index in [1.165, 1.54) is 0 Å². The van der Waals surface area contributed by atoms with Gasteiger partial charge in [-0.25, -0.2) is 0 Å². The molecule has 0 aliphatic carbocycles. The molecule has 0 heterocycles. The summed E-state index contributed by atoms with van der Waals surface area (Å²) in [5.74, 6) is -0.184. The van der Waals surface area contributed by atoms with Crippen molar-refractivity contribution in [2.45, 2.75) is 0 Å². The molecule has 1 aromatic rings. The van der Waals surface area contributed by atoms with Crippen LogP contribution in [0.4, 0.5) is 5.69 Å². The molecular weight excluding hydrogens is 262 g/mol. The van der Waals surface area contributed by atoms with Gasteiger partial charge in [-0.1, -0.05) is 0 Å². The Bertz CT molecular complexity index is 391. The normalized spacial score (nSPS) is 12.6. The number of nitrogens with zero attached hydrogens (tertiary/aromatic N) is 1. The zero-order valence-electron chi connectivity index (χ0n) is 8.11. The van der Waals surface area contributed by atoms with E-state index in [0.717, 1.165) is 24.3 Å². The standard InChI is InChI=1S/C6H6NO6P.2Mg/c8-7(9)5-1-3-6(4-2-5)13-14(10,11)12;;/h1-4H,(H2,10,11,12);;/q;2*+2/p-1. The summed E-state index contributed by atoms with van der Waals surface area (Å²) in [6.07, 6.45) is 0. The average molecular weight is 267 g/mol. The molecule has 16 heavy (non-hydrogen) atoms. The van der Waals surface area contributed by atoms with E-state index in [1.54, 1.807) is 0 Å². The number of rotatable bonds is 3.